The van der Waals surface area contributed by atoms with Crippen molar-refractivity contribution >= 4 is 17.8 Å². The van der Waals surface area contributed by atoms with E-state index in [1.807, 2.05) is 32.0 Å². The fourth-order valence-electron chi connectivity index (χ4n) is 2.68. The first kappa shape index (κ1) is 14.2. The number of carboxylic acids is 1. The topological polar surface area (TPSA) is 74.7 Å². The minimum atomic E-state index is -1.17. The molecule has 0 aromatic heterocycles. The van der Waals surface area contributed by atoms with E-state index in [9.17, 15) is 14.4 Å². The number of benzene rings is 1. The van der Waals surface area contributed by atoms with Crippen LogP contribution in [0.25, 0.3) is 0 Å². The molecule has 1 heterocycles. The van der Waals surface area contributed by atoms with Crippen molar-refractivity contribution in [2.24, 2.45) is 5.92 Å². The predicted molar refractivity (Wildman–Crippen MR) is 72.1 cm³/mol. The maximum absolute atomic E-state index is 12.1. The van der Waals surface area contributed by atoms with Crippen LogP contribution in [0.3, 0.4) is 0 Å². The number of hydrogen-bond donors (Lipinski definition) is 1. The highest BCUT2D eigenvalue weighted by atomic mass is 16.4. The van der Waals surface area contributed by atoms with E-state index in [-0.39, 0.29) is 12.3 Å². The van der Waals surface area contributed by atoms with Gasteiger partial charge in [0.05, 0.1) is 5.92 Å². The fraction of sp³-hybridized carbons (Fsp3) is 0.400. The molecule has 1 saturated heterocycles. The highest BCUT2D eigenvalue weighted by Crippen LogP contribution is 2.24. The Morgan fingerprint density at radius 1 is 1.25 bits per heavy atom. The number of aryl methyl sites for hydroxylation is 2. The number of rotatable bonds is 4. The van der Waals surface area contributed by atoms with Gasteiger partial charge in [-0.15, -0.1) is 0 Å². The van der Waals surface area contributed by atoms with Gasteiger partial charge in [-0.3, -0.25) is 19.3 Å². The summed E-state index contributed by atoms with van der Waals surface area (Å²) in [4.78, 5) is 35.3. The second-order valence-corrected chi connectivity index (χ2v) is 5.31. The first-order valence-electron chi connectivity index (χ1n) is 6.50. The van der Waals surface area contributed by atoms with Crippen molar-refractivity contribution in [2.75, 3.05) is 6.54 Å². The van der Waals surface area contributed by atoms with Crippen molar-refractivity contribution in [1.82, 2.24) is 4.90 Å². The third-order valence-electron chi connectivity index (χ3n) is 3.39. The summed E-state index contributed by atoms with van der Waals surface area (Å²) >= 11 is 0. The highest BCUT2D eigenvalue weighted by molar-refractivity contribution is 6.05. The molecule has 0 spiro atoms. The van der Waals surface area contributed by atoms with Gasteiger partial charge in [0.2, 0.25) is 11.8 Å². The van der Waals surface area contributed by atoms with Gasteiger partial charge in [0.15, 0.2) is 0 Å². The van der Waals surface area contributed by atoms with Crippen LogP contribution in [0.5, 0.6) is 0 Å². The number of nitrogens with zero attached hydrogens (tertiary/aromatic N) is 1. The average molecular weight is 275 g/mol. The molecule has 0 radical (unpaired) electrons. The fourth-order valence-corrected chi connectivity index (χ4v) is 2.68. The van der Waals surface area contributed by atoms with E-state index in [4.69, 9.17) is 5.11 Å². The quantitative estimate of drug-likeness (QED) is 0.841. The number of hydrogen-bond acceptors (Lipinski definition) is 3. The average Bonchev–Trinajstić information content (AvgIpc) is 2.55. The SMILES string of the molecule is Cc1cc(C)cc(CC2CC(=O)N(CC(=O)O)C2=O)c1. The summed E-state index contributed by atoms with van der Waals surface area (Å²) in [5.74, 6) is -2.38. The van der Waals surface area contributed by atoms with Gasteiger partial charge >= 0.3 is 5.97 Å². The monoisotopic (exact) mass is 275 g/mol. The highest BCUT2D eigenvalue weighted by Gasteiger charge is 2.39. The molecule has 1 atom stereocenters. The summed E-state index contributed by atoms with van der Waals surface area (Å²) in [6.07, 6.45) is 0.572. The van der Waals surface area contributed by atoms with Gasteiger partial charge in [0, 0.05) is 6.42 Å². The van der Waals surface area contributed by atoms with E-state index in [1.54, 1.807) is 0 Å². The summed E-state index contributed by atoms with van der Waals surface area (Å²) in [6, 6.07) is 6.02. The summed E-state index contributed by atoms with van der Waals surface area (Å²) in [6.45, 7) is 3.42. The van der Waals surface area contributed by atoms with Crippen LogP contribution in [0.2, 0.25) is 0 Å². The van der Waals surface area contributed by atoms with Crippen molar-refractivity contribution in [3.8, 4) is 0 Å². The lowest BCUT2D eigenvalue weighted by Gasteiger charge is -2.12. The third kappa shape index (κ3) is 3.04. The van der Waals surface area contributed by atoms with Crippen LogP contribution in [0.4, 0.5) is 0 Å². The minimum absolute atomic E-state index is 0.0963. The lowest BCUT2D eigenvalue weighted by Crippen LogP contribution is -2.35. The molecule has 1 fully saturated rings. The Labute approximate surface area is 117 Å². The molecule has 5 nitrogen and oxygen atoms in total. The normalized spacial score (nSPS) is 18.7. The molecule has 0 bridgehead atoms. The molecule has 0 saturated carbocycles. The van der Waals surface area contributed by atoms with Crippen LogP contribution < -0.4 is 0 Å². The molecular weight excluding hydrogens is 258 g/mol. The number of imide groups is 1. The van der Waals surface area contributed by atoms with Crippen molar-refractivity contribution < 1.29 is 19.5 Å². The summed E-state index contributed by atoms with van der Waals surface area (Å²) in [5.41, 5.74) is 3.23. The second kappa shape index (κ2) is 5.45. The van der Waals surface area contributed by atoms with Crippen LogP contribution in [0.15, 0.2) is 18.2 Å². The minimum Gasteiger partial charge on any atom is -0.480 e. The first-order chi connectivity index (χ1) is 9.36. The zero-order chi connectivity index (χ0) is 14.9. The van der Waals surface area contributed by atoms with Crippen molar-refractivity contribution in [2.45, 2.75) is 26.7 Å². The molecule has 2 rings (SSSR count). The van der Waals surface area contributed by atoms with E-state index in [0.29, 0.717) is 6.42 Å². The Morgan fingerprint density at radius 2 is 1.85 bits per heavy atom. The molecule has 1 N–H and O–H groups in total. The number of aliphatic carboxylic acids is 1. The van der Waals surface area contributed by atoms with Gasteiger partial charge in [-0.2, -0.15) is 0 Å². The Morgan fingerprint density at radius 3 is 2.40 bits per heavy atom. The third-order valence-corrected chi connectivity index (χ3v) is 3.39. The smallest absolute Gasteiger partial charge is 0.323 e. The maximum Gasteiger partial charge on any atom is 0.323 e. The van der Waals surface area contributed by atoms with Crippen molar-refractivity contribution in [1.29, 1.82) is 0 Å². The van der Waals surface area contributed by atoms with Gasteiger partial charge < -0.3 is 5.11 Å². The predicted octanol–water partition coefficient (Wildman–Crippen LogP) is 1.31. The number of likely N-dealkylation sites (tertiary alicyclic amines) is 1. The van der Waals surface area contributed by atoms with E-state index in [2.05, 4.69) is 0 Å². The first-order valence-corrected chi connectivity index (χ1v) is 6.50. The van der Waals surface area contributed by atoms with E-state index >= 15 is 0 Å². The Balaban J connectivity index is 2.13. The van der Waals surface area contributed by atoms with Crippen LogP contribution in [-0.4, -0.2) is 34.3 Å². The Hall–Kier alpha value is -2.17. The van der Waals surface area contributed by atoms with Gasteiger partial charge in [0.25, 0.3) is 0 Å². The molecule has 0 aliphatic carbocycles. The molecule has 106 valence electrons. The zero-order valence-electron chi connectivity index (χ0n) is 11.5. The molecule has 20 heavy (non-hydrogen) atoms. The number of carbonyl (C=O) groups is 3. The van der Waals surface area contributed by atoms with Crippen LogP contribution >= 0.6 is 0 Å². The van der Waals surface area contributed by atoms with Crippen LogP contribution in [-0.2, 0) is 20.8 Å². The maximum atomic E-state index is 12.1. The Kier molecular flexibility index (Phi) is 3.88. The molecule has 5 heteroatoms. The second-order valence-electron chi connectivity index (χ2n) is 5.31. The number of carboxylic acid groups (broad SMARTS) is 1. The molecule has 1 aliphatic rings. The molecule has 2 amide bonds. The lowest BCUT2D eigenvalue weighted by atomic mass is 9.95. The zero-order valence-corrected chi connectivity index (χ0v) is 11.5. The summed E-state index contributed by atoms with van der Waals surface area (Å²) in [7, 11) is 0. The molecule has 1 aromatic rings. The number of amides is 2. The van der Waals surface area contributed by atoms with Crippen LogP contribution in [0, 0.1) is 19.8 Å². The largest absolute Gasteiger partial charge is 0.480 e. The van der Waals surface area contributed by atoms with Crippen molar-refractivity contribution in [3.63, 3.8) is 0 Å². The van der Waals surface area contributed by atoms with Gasteiger partial charge in [-0.25, -0.2) is 0 Å². The van der Waals surface area contributed by atoms with E-state index < -0.39 is 24.3 Å². The van der Waals surface area contributed by atoms with Gasteiger partial charge in [0.1, 0.15) is 6.54 Å². The lowest BCUT2D eigenvalue weighted by molar-refractivity contribution is -0.149. The Bertz CT molecular complexity index is 559. The standard InChI is InChI=1S/C15H17NO4/c1-9-3-10(2)5-11(4-9)6-12-7-13(17)16(15(12)20)8-14(18)19/h3-5,12H,6-8H2,1-2H3,(H,18,19). The molecule has 1 aromatic carbocycles. The van der Waals surface area contributed by atoms with Gasteiger partial charge in [-0.1, -0.05) is 29.3 Å². The van der Waals surface area contributed by atoms with Crippen molar-refractivity contribution in [3.05, 3.63) is 34.9 Å². The van der Waals surface area contributed by atoms with Gasteiger partial charge in [-0.05, 0) is 25.8 Å². The summed E-state index contributed by atoms with van der Waals surface area (Å²) < 4.78 is 0. The summed E-state index contributed by atoms with van der Waals surface area (Å²) in [5, 5.41) is 8.71. The molecular formula is C15H17NO4. The van der Waals surface area contributed by atoms with E-state index in [1.165, 1.54) is 0 Å². The molecule has 1 aliphatic heterocycles. The van der Waals surface area contributed by atoms with Crippen LogP contribution in [0.1, 0.15) is 23.1 Å². The number of carbonyl (C=O) groups excluding carboxylic acids is 2. The molecule has 1 unspecified atom stereocenters. The van der Waals surface area contributed by atoms with E-state index in [0.717, 1.165) is 21.6 Å².